The molecule has 0 spiro atoms. The number of pyridine rings is 1. The Bertz CT molecular complexity index is 701. The largest absolute Gasteiger partial charge is 0.256 e. The summed E-state index contributed by atoms with van der Waals surface area (Å²) in [4.78, 5) is 4.63. The van der Waals surface area contributed by atoms with Crippen LogP contribution in [0.1, 0.15) is 13.3 Å². The normalized spacial score (nSPS) is 14.5. The molecule has 0 N–H and O–H groups in total. The molecule has 3 nitrogen and oxygen atoms in total. The molecule has 0 amide bonds. The van der Waals surface area contributed by atoms with Gasteiger partial charge in [0, 0.05) is 21.4 Å². The van der Waals surface area contributed by atoms with Crippen LogP contribution in [0.25, 0.3) is 11.3 Å². The summed E-state index contributed by atoms with van der Waals surface area (Å²) in [5, 5.41) is -0.344. The van der Waals surface area contributed by atoms with Gasteiger partial charge in [-0.05, 0) is 30.7 Å². The number of aromatic nitrogens is 1. The van der Waals surface area contributed by atoms with Crippen molar-refractivity contribution >= 4 is 45.1 Å². The van der Waals surface area contributed by atoms with Gasteiger partial charge in [0.05, 0.1) is 15.8 Å². The van der Waals surface area contributed by atoms with Crippen molar-refractivity contribution in [3.8, 4) is 11.3 Å². The van der Waals surface area contributed by atoms with Crippen LogP contribution >= 0.6 is 35.2 Å². The number of alkyl halides is 1. The molecule has 2 rings (SSSR count). The second kappa shape index (κ2) is 7.79. The maximum Gasteiger partial charge on any atom is 0.182 e. The van der Waals surface area contributed by atoms with E-state index in [1.54, 1.807) is 18.3 Å². The van der Waals surface area contributed by atoms with Gasteiger partial charge in [-0.3, -0.25) is 4.98 Å². The Hall–Kier alpha value is -0.600. The van der Waals surface area contributed by atoms with Crippen LogP contribution in [0, 0.1) is 0 Å². The Labute approximate surface area is 151 Å². The fraction of sp³-hybridized carbons (Fsp3) is 0.312. The van der Waals surface area contributed by atoms with Crippen molar-refractivity contribution in [1.29, 1.82) is 0 Å². The molecule has 0 radical (unpaired) electrons. The number of rotatable bonds is 6. The Morgan fingerprint density at radius 2 is 1.86 bits per heavy atom. The summed E-state index contributed by atoms with van der Waals surface area (Å²) in [6.07, 6.45) is 2.27. The smallest absolute Gasteiger partial charge is 0.182 e. The summed E-state index contributed by atoms with van der Waals surface area (Å²) >= 11 is 6.45. The number of sulfone groups is 1. The van der Waals surface area contributed by atoms with Crippen molar-refractivity contribution in [2.45, 2.75) is 28.7 Å². The van der Waals surface area contributed by atoms with E-state index in [1.165, 1.54) is 0 Å². The molecule has 0 aliphatic rings. The molecule has 1 aromatic heterocycles. The van der Waals surface area contributed by atoms with E-state index in [0.717, 1.165) is 11.3 Å². The molecule has 0 saturated heterocycles. The van der Waals surface area contributed by atoms with Gasteiger partial charge < -0.3 is 0 Å². The molecular weight excluding hydrogens is 429 g/mol. The molecule has 6 heteroatoms. The molecular formula is C16H18INO2S2. The van der Waals surface area contributed by atoms with Crippen LogP contribution in [0.15, 0.2) is 53.6 Å². The maximum absolute atomic E-state index is 12.7. The van der Waals surface area contributed by atoms with Gasteiger partial charge >= 0.3 is 0 Å². The average Bonchev–Trinajstić information content (AvgIpc) is 2.53. The SMILES string of the molecule is CC(S)CC(CI)S(=O)(=O)c1ccc(-c2ccccn2)cc1. The Morgan fingerprint density at radius 1 is 1.18 bits per heavy atom. The zero-order valence-electron chi connectivity index (χ0n) is 12.2. The van der Waals surface area contributed by atoms with E-state index < -0.39 is 15.1 Å². The van der Waals surface area contributed by atoms with Crippen LogP contribution < -0.4 is 0 Å². The number of halogens is 1. The van der Waals surface area contributed by atoms with Crippen LogP contribution in [0.4, 0.5) is 0 Å². The van der Waals surface area contributed by atoms with Crippen molar-refractivity contribution in [3.63, 3.8) is 0 Å². The predicted octanol–water partition coefficient (Wildman–Crippen LogP) is 4.03. The summed E-state index contributed by atoms with van der Waals surface area (Å²) in [6.45, 7) is 1.92. The summed E-state index contributed by atoms with van der Waals surface area (Å²) in [5.74, 6) is 0. The minimum Gasteiger partial charge on any atom is -0.256 e. The minimum absolute atomic E-state index is 0.0577. The van der Waals surface area contributed by atoms with E-state index in [2.05, 4.69) is 40.2 Å². The van der Waals surface area contributed by atoms with E-state index in [-0.39, 0.29) is 5.25 Å². The second-order valence-electron chi connectivity index (χ2n) is 5.15. The molecule has 0 saturated carbocycles. The number of hydrogen-bond donors (Lipinski definition) is 1. The second-order valence-corrected chi connectivity index (χ2v) is 9.14. The minimum atomic E-state index is -3.32. The van der Waals surface area contributed by atoms with Gasteiger partial charge in [-0.15, -0.1) is 0 Å². The first-order chi connectivity index (χ1) is 10.4. The fourth-order valence-electron chi connectivity index (χ4n) is 2.19. The third-order valence-corrected chi connectivity index (χ3v) is 7.40. The molecule has 22 heavy (non-hydrogen) atoms. The topological polar surface area (TPSA) is 47.0 Å². The third kappa shape index (κ3) is 4.23. The summed E-state index contributed by atoms with van der Waals surface area (Å²) in [7, 11) is -3.32. The van der Waals surface area contributed by atoms with Crippen molar-refractivity contribution in [2.24, 2.45) is 0 Å². The van der Waals surface area contributed by atoms with Gasteiger partial charge in [-0.2, -0.15) is 12.6 Å². The first-order valence-electron chi connectivity index (χ1n) is 6.94. The van der Waals surface area contributed by atoms with E-state index >= 15 is 0 Å². The molecule has 1 aromatic carbocycles. The molecule has 0 aliphatic carbocycles. The Kier molecular flexibility index (Phi) is 6.28. The van der Waals surface area contributed by atoms with E-state index in [4.69, 9.17) is 0 Å². The van der Waals surface area contributed by atoms with Gasteiger partial charge in [0.1, 0.15) is 0 Å². The number of thiol groups is 1. The van der Waals surface area contributed by atoms with Crippen molar-refractivity contribution in [2.75, 3.05) is 4.43 Å². The summed E-state index contributed by atoms with van der Waals surface area (Å²) < 4.78 is 25.9. The monoisotopic (exact) mass is 447 g/mol. The number of nitrogens with zero attached hydrogens (tertiary/aromatic N) is 1. The number of hydrogen-bond acceptors (Lipinski definition) is 4. The lowest BCUT2D eigenvalue weighted by Crippen LogP contribution is -2.25. The highest BCUT2D eigenvalue weighted by molar-refractivity contribution is 14.1. The van der Waals surface area contributed by atoms with Crippen LogP contribution in [0.5, 0.6) is 0 Å². The van der Waals surface area contributed by atoms with E-state index in [0.29, 0.717) is 15.7 Å². The lowest BCUT2D eigenvalue weighted by atomic mass is 10.1. The maximum atomic E-state index is 12.7. The van der Waals surface area contributed by atoms with Crippen LogP contribution in [-0.2, 0) is 9.84 Å². The molecule has 2 atom stereocenters. The molecule has 2 unspecified atom stereocenters. The highest BCUT2D eigenvalue weighted by atomic mass is 127. The molecule has 0 bridgehead atoms. The predicted molar refractivity (Wildman–Crippen MR) is 103 cm³/mol. The molecule has 0 fully saturated rings. The van der Waals surface area contributed by atoms with Gasteiger partial charge in [-0.25, -0.2) is 8.42 Å². The van der Waals surface area contributed by atoms with Crippen LogP contribution in [0.2, 0.25) is 0 Å². The molecule has 2 aromatic rings. The standard InChI is InChI=1S/C16H18INO2S2/c1-12(21)10-15(11-17)22(19,20)14-7-5-13(6-8-14)16-4-2-3-9-18-16/h2-9,12,15,21H,10-11H2,1H3. The van der Waals surface area contributed by atoms with Crippen LogP contribution in [-0.4, -0.2) is 28.3 Å². The first-order valence-corrected chi connectivity index (χ1v) is 10.5. The first kappa shape index (κ1) is 17.7. The summed E-state index contributed by atoms with van der Waals surface area (Å²) in [6, 6.07) is 12.6. The highest BCUT2D eigenvalue weighted by Crippen LogP contribution is 2.25. The number of benzene rings is 1. The Morgan fingerprint density at radius 3 is 2.36 bits per heavy atom. The lowest BCUT2D eigenvalue weighted by Gasteiger charge is -2.17. The molecule has 0 aliphatic heterocycles. The van der Waals surface area contributed by atoms with Crippen molar-refractivity contribution < 1.29 is 8.42 Å². The third-order valence-electron chi connectivity index (χ3n) is 3.36. The van der Waals surface area contributed by atoms with Crippen molar-refractivity contribution in [1.82, 2.24) is 4.98 Å². The Balaban J connectivity index is 2.29. The van der Waals surface area contributed by atoms with Crippen molar-refractivity contribution in [3.05, 3.63) is 48.7 Å². The van der Waals surface area contributed by atoms with E-state index in [1.807, 2.05) is 37.3 Å². The van der Waals surface area contributed by atoms with Gasteiger partial charge in [0.25, 0.3) is 0 Å². The zero-order chi connectivity index (χ0) is 16.2. The quantitative estimate of drug-likeness (QED) is 0.413. The van der Waals surface area contributed by atoms with Gasteiger partial charge in [0.2, 0.25) is 0 Å². The highest BCUT2D eigenvalue weighted by Gasteiger charge is 2.27. The molecule has 1 heterocycles. The van der Waals surface area contributed by atoms with Gasteiger partial charge in [0.15, 0.2) is 9.84 Å². The summed E-state index contributed by atoms with van der Waals surface area (Å²) in [5.41, 5.74) is 1.74. The lowest BCUT2D eigenvalue weighted by molar-refractivity contribution is 0.579. The van der Waals surface area contributed by atoms with E-state index in [9.17, 15) is 8.42 Å². The fourth-order valence-corrected chi connectivity index (χ4v) is 5.98. The molecule has 118 valence electrons. The zero-order valence-corrected chi connectivity index (χ0v) is 16.1. The van der Waals surface area contributed by atoms with Crippen LogP contribution in [0.3, 0.4) is 0 Å². The van der Waals surface area contributed by atoms with Gasteiger partial charge in [-0.1, -0.05) is 47.7 Å². The average molecular weight is 447 g/mol.